The largest absolute Gasteiger partial charge is 0.457 e. The van der Waals surface area contributed by atoms with E-state index in [0.717, 1.165) is 77.0 Å². The Labute approximate surface area is 476 Å². The van der Waals surface area contributed by atoms with Crippen molar-refractivity contribution in [3.8, 4) is 0 Å². The minimum Gasteiger partial charge on any atom is -0.457 e. The van der Waals surface area contributed by atoms with Gasteiger partial charge in [0.05, 0.1) is 26.4 Å². The minimum atomic E-state index is -1.73. The quantitative estimate of drug-likeness (QED) is 0.0172. The molecule has 0 radical (unpaired) electrons. The zero-order valence-corrected chi connectivity index (χ0v) is 48.6. The van der Waals surface area contributed by atoms with Crippen LogP contribution in [-0.2, 0) is 33.2 Å². The number of aliphatic hydroxyl groups is 7. The molecule has 7 N–H and O–H groups in total. The van der Waals surface area contributed by atoms with Crippen LogP contribution in [0.25, 0.3) is 0 Å². The normalized spacial score (nSPS) is 24.8. The summed E-state index contributed by atoms with van der Waals surface area (Å²) >= 11 is 0. The second-order valence-electron chi connectivity index (χ2n) is 20.8. The third-order valence-corrected chi connectivity index (χ3v) is 13.8. The summed E-state index contributed by atoms with van der Waals surface area (Å²) in [7, 11) is 0. The molecule has 0 aromatic rings. The van der Waals surface area contributed by atoms with Crippen LogP contribution in [0.5, 0.6) is 0 Å². The Morgan fingerprint density at radius 2 is 0.823 bits per heavy atom. The Balaban J connectivity index is 1.72. The van der Waals surface area contributed by atoms with Gasteiger partial charge in [-0.15, -0.1) is 0 Å². The van der Waals surface area contributed by atoms with Gasteiger partial charge in [-0.05, 0) is 89.9 Å². The lowest BCUT2D eigenvalue weighted by molar-refractivity contribution is -0.332. The first-order valence-corrected chi connectivity index (χ1v) is 30.5. The summed E-state index contributed by atoms with van der Waals surface area (Å²) in [6.45, 7) is 3.45. The molecular formula is C65H108O14. The molecule has 2 aliphatic heterocycles. The van der Waals surface area contributed by atoms with Gasteiger partial charge in [0.2, 0.25) is 0 Å². The van der Waals surface area contributed by atoms with Crippen LogP contribution >= 0.6 is 0 Å². The van der Waals surface area contributed by atoms with Gasteiger partial charge in [-0.25, -0.2) is 0 Å². The van der Waals surface area contributed by atoms with Crippen molar-refractivity contribution in [2.24, 2.45) is 0 Å². The van der Waals surface area contributed by atoms with E-state index >= 15 is 0 Å². The standard InChI is InChI=1S/C65H108O14/c1-3-5-7-9-11-13-15-17-19-21-23-24-25-26-27-28-29-31-33-35-37-39-41-43-45-47-49-74-51-54(77-57(67)48-46-44-42-40-38-36-34-32-30-22-20-18-16-14-12-10-8-6-4-2)52-75-64-63(73)61(71)59(69)56(79-64)53-76-65-62(72)60(70)58(68)55(50-66)78-65/h6,8,12,14-15,17-18,20-21,23,25-26,30,32,36,38,42,44,54-56,58-66,68-73H,3-5,7,9-11,13,16,19,22,24,27-29,31,33-35,37,39-41,43,45-53H2,1-2H3/b8-6-,14-12-,17-15-,20-18-,23-21-,26-25-,32-30-,38-36-,44-42-. The monoisotopic (exact) mass is 1110 g/mol. The lowest BCUT2D eigenvalue weighted by atomic mass is 9.98. The number of aliphatic hydroxyl groups excluding tert-OH is 7. The third-order valence-electron chi connectivity index (χ3n) is 13.8. The van der Waals surface area contributed by atoms with Gasteiger partial charge in [0.25, 0.3) is 0 Å². The van der Waals surface area contributed by atoms with E-state index in [2.05, 4.69) is 111 Å². The van der Waals surface area contributed by atoms with Gasteiger partial charge in [-0.3, -0.25) is 4.79 Å². The second-order valence-corrected chi connectivity index (χ2v) is 20.8. The van der Waals surface area contributed by atoms with Crippen molar-refractivity contribution in [3.05, 3.63) is 109 Å². The Kier molecular flexibility index (Phi) is 45.8. The van der Waals surface area contributed by atoms with Gasteiger partial charge in [0, 0.05) is 13.0 Å². The third kappa shape index (κ3) is 36.7. The van der Waals surface area contributed by atoms with E-state index in [4.69, 9.17) is 28.4 Å². The van der Waals surface area contributed by atoms with E-state index in [1.54, 1.807) is 0 Å². The average Bonchev–Trinajstić information content (AvgIpc) is 3.46. The maximum absolute atomic E-state index is 13.0. The molecule has 0 aromatic heterocycles. The highest BCUT2D eigenvalue weighted by Gasteiger charge is 2.47. The van der Waals surface area contributed by atoms with Gasteiger partial charge in [-0.1, -0.05) is 207 Å². The molecule has 0 spiro atoms. The fourth-order valence-electron chi connectivity index (χ4n) is 8.91. The number of rotatable bonds is 48. The summed E-state index contributed by atoms with van der Waals surface area (Å²) in [4.78, 5) is 13.0. The van der Waals surface area contributed by atoms with Crippen LogP contribution in [0.4, 0.5) is 0 Å². The molecule has 0 amide bonds. The van der Waals surface area contributed by atoms with Crippen molar-refractivity contribution in [1.29, 1.82) is 0 Å². The number of hydrogen-bond donors (Lipinski definition) is 7. The maximum atomic E-state index is 13.0. The molecule has 2 aliphatic rings. The van der Waals surface area contributed by atoms with Gasteiger partial charge in [-0.2, -0.15) is 0 Å². The van der Waals surface area contributed by atoms with Gasteiger partial charge < -0.3 is 64.2 Å². The molecule has 452 valence electrons. The van der Waals surface area contributed by atoms with E-state index < -0.39 is 86.7 Å². The van der Waals surface area contributed by atoms with E-state index in [9.17, 15) is 40.5 Å². The molecule has 0 bridgehead atoms. The fraction of sp³-hybridized carbons (Fsp3) is 0.708. The van der Waals surface area contributed by atoms with E-state index in [1.165, 1.54) is 89.9 Å². The predicted octanol–water partition coefficient (Wildman–Crippen LogP) is 11.5. The van der Waals surface area contributed by atoms with Crippen LogP contribution < -0.4 is 0 Å². The minimum absolute atomic E-state index is 0.0222. The van der Waals surface area contributed by atoms with E-state index in [0.29, 0.717) is 13.0 Å². The highest BCUT2D eigenvalue weighted by molar-refractivity contribution is 5.69. The first-order valence-electron chi connectivity index (χ1n) is 30.5. The van der Waals surface area contributed by atoms with Crippen LogP contribution in [0.1, 0.15) is 194 Å². The lowest BCUT2D eigenvalue weighted by Crippen LogP contribution is -2.61. The number of carbonyl (C=O) groups excluding carboxylic acids is 1. The second kappa shape index (κ2) is 50.4. The Morgan fingerprint density at radius 3 is 1.29 bits per heavy atom. The molecule has 0 aromatic carbocycles. The number of hydrogen-bond acceptors (Lipinski definition) is 14. The molecule has 11 unspecified atom stereocenters. The Bertz CT molecular complexity index is 1720. The van der Waals surface area contributed by atoms with Crippen LogP contribution in [0.15, 0.2) is 109 Å². The first kappa shape index (κ1) is 71.8. The van der Waals surface area contributed by atoms with Crippen LogP contribution in [0.2, 0.25) is 0 Å². The zero-order valence-electron chi connectivity index (χ0n) is 48.6. The molecule has 2 heterocycles. The van der Waals surface area contributed by atoms with Crippen molar-refractivity contribution >= 4 is 5.97 Å². The van der Waals surface area contributed by atoms with Gasteiger partial charge in [0.1, 0.15) is 54.9 Å². The smallest absolute Gasteiger partial charge is 0.306 e. The predicted molar refractivity (Wildman–Crippen MR) is 316 cm³/mol. The summed E-state index contributed by atoms with van der Waals surface area (Å²) in [5.74, 6) is -0.461. The molecule has 2 saturated heterocycles. The fourth-order valence-corrected chi connectivity index (χ4v) is 8.91. The highest BCUT2D eigenvalue weighted by Crippen LogP contribution is 2.26. The van der Waals surface area contributed by atoms with Crippen molar-refractivity contribution in [3.63, 3.8) is 0 Å². The number of carbonyl (C=O) groups is 1. The molecular weight excluding hydrogens is 1000 g/mol. The summed E-state index contributed by atoms with van der Waals surface area (Å²) in [6, 6.07) is 0. The van der Waals surface area contributed by atoms with Crippen molar-refractivity contribution in [2.75, 3.05) is 33.0 Å². The first-order chi connectivity index (χ1) is 38.6. The summed E-state index contributed by atoms with van der Waals surface area (Å²) in [5, 5.41) is 72.4. The van der Waals surface area contributed by atoms with Gasteiger partial charge in [0.15, 0.2) is 12.6 Å². The number of ether oxygens (including phenoxy) is 6. The lowest BCUT2D eigenvalue weighted by Gasteiger charge is -2.42. The molecule has 11 atom stereocenters. The SMILES string of the molecule is CC/C=C\C/C=C\C/C=C\C/C=C\C/C=C\C/C=C\CCC(=O)OC(COCCCCCCCCCCCCC/C=C\C/C=C\C/C=C\CCCCCCC)COC1OC(COC2OC(CO)C(O)C(O)C2O)C(O)C(O)C1O. The average molecular weight is 1110 g/mol. The summed E-state index contributed by atoms with van der Waals surface area (Å²) < 4.78 is 34.3. The Hall–Kier alpha value is -3.35. The van der Waals surface area contributed by atoms with E-state index in [-0.39, 0.29) is 19.6 Å². The van der Waals surface area contributed by atoms with Crippen molar-refractivity contribution in [2.45, 2.75) is 261 Å². The number of allylic oxidation sites excluding steroid dienone is 18. The van der Waals surface area contributed by atoms with Crippen LogP contribution in [0.3, 0.4) is 0 Å². The highest BCUT2D eigenvalue weighted by atomic mass is 16.7. The molecule has 0 aliphatic carbocycles. The van der Waals surface area contributed by atoms with Crippen LogP contribution in [-0.4, -0.2) is 142 Å². The number of unbranched alkanes of at least 4 members (excludes halogenated alkanes) is 16. The maximum Gasteiger partial charge on any atom is 0.306 e. The topological polar surface area (TPSA) is 214 Å². The van der Waals surface area contributed by atoms with Crippen molar-refractivity contribution < 1.29 is 69.0 Å². The zero-order chi connectivity index (χ0) is 57.2. The molecule has 2 fully saturated rings. The van der Waals surface area contributed by atoms with Gasteiger partial charge >= 0.3 is 5.97 Å². The molecule has 14 heteroatoms. The Morgan fingerprint density at radius 1 is 0.430 bits per heavy atom. The molecule has 14 nitrogen and oxygen atoms in total. The number of esters is 1. The molecule has 0 saturated carbocycles. The molecule has 79 heavy (non-hydrogen) atoms. The van der Waals surface area contributed by atoms with Crippen LogP contribution in [0, 0.1) is 0 Å². The molecule has 2 rings (SSSR count). The summed E-state index contributed by atoms with van der Waals surface area (Å²) in [6.07, 6.45) is 53.1. The summed E-state index contributed by atoms with van der Waals surface area (Å²) in [5.41, 5.74) is 0. The van der Waals surface area contributed by atoms with Crippen molar-refractivity contribution in [1.82, 2.24) is 0 Å². The van der Waals surface area contributed by atoms with E-state index in [1.807, 2.05) is 12.2 Å².